The largest absolute Gasteiger partial charge is 0.472 e. The maximum Gasteiger partial charge on any atom is 0.472 e. The molecule has 0 saturated carbocycles. The number of rotatable bonds is 4. The number of carbonyl (C=O) groups is 3. The lowest BCUT2D eigenvalue weighted by Crippen LogP contribution is -2.49. The Morgan fingerprint density at radius 2 is 1.51 bits per heavy atom. The van der Waals surface area contributed by atoms with Crippen LogP contribution in [0.25, 0.3) is 0 Å². The Hall–Kier alpha value is -3.13. The molecule has 1 fully saturated rings. The lowest BCUT2D eigenvalue weighted by Gasteiger charge is -2.33. The van der Waals surface area contributed by atoms with E-state index in [2.05, 4.69) is 15.9 Å². The van der Waals surface area contributed by atoms with Crippen molar-refractivity contribution in [3.05, 3.63) is 64.1 Å². The van der Waals surface area contributed by atoms with Crippen LogP contribution < -0.4 is 15.8 Å². The SMILES string of the molecule is O=C(NNC(=O)C(F)(F)F)c1ccc(CN(C(=O)N2CCS(=O)(=O)CC2)c2ccc(Br)cc2)cc1. The summed E-state index contributed by atoms with van der Waals surface area (Å²) in [6, 6.07) is 12.2. The van der Waals surface area contributed by atoms with E-state index in [-0.39, 0.29) is 42.7 Å². The van der Waals surface area contributed by atoms with E-state index in [9.17, 15) is 36.0 Å². The second-order valence-corrected chi connectivity index (χ2v) is 10.8. The van der Waals surface area contributed by atoms with Gasteiger partial charge in [0.1, 0.15) is 0 Å². The zero-order valence-corrected chi connectivity index (χ0v) is 20.4. The standard InChI is InChI=1S/C21H20BrF3N4O5S/c22-16-5-7-17(8-6-16)29(20(32)28-9-11-35(33,34)12-10-28)13-14-1-3-15(4-2-14)18(30)26-27-19(31)21(23,24)25/h1-8H,9-13H2,(H,26,30)(H,27,31). The quantitative estimate of drug-likeness (QED) is 0.543. The summed E-state index contributed by atoms with van der Waals surface area (Å²) in [6.07, 6.45) is -5.14. The van der Waals surface area contributed by atoms with Crippen molar-refractivity contribution in [3.8, 4) is 0 Å². The van der Waals surface area contributed by atoms with Gasteiger partial charge in [-0.25, -0.2) is 13.2 Å². The molecule has 188 valence electrons. The number of hydrazine groups is 1. The molecule has 3 rings (SSSR count). The first kappa shape index (κ1) is 26.5. The smallest absolute Gasteiger partial charge is 0.322 e. The van der Waals surface area contributed by atoms with Crippen molar-refractivity contribution in [2.75, 3.05) is 29.5 Å². The Labute approximate surface area is 207 Å². The number of carbonyl (C=O) groups excluding carboxylic acids is 3. The molecule has 1 aliphatic heterocycles. The van der Waals surface area contributed by atoms with Crippen molar-refractivity contribution in [1.29, 1.82) is 0 Å². The number of urea groups is 1. The molecule has 1 saturated heterocycles. The molecule has 0 aliphatic carbocycles. The molecule has 14 heteroatoms. The normalized spacial score (nSPS) is 15.3. The second-order valence-electron chi connectivity index (χ2n) is 7.59. The van der Waals surface area contributed by atoms with Crippen LogP contribution in [0.1, 0.15) is 15.9 Å². The van der Waals surface area contributed by atoms with Gasteiger partial charge in [0.05, 0.1) is 18.1 Å². The molecule has 0 spiro atoms. The van der Waals surface area contributed by atoms with Gasteiger partial charge in [-0.15, -0.1) is 0 Å². The Kier molecular flexibility index (Phi) is 8.05. The lowest BCUT2D eigenvalue weighted by atomic mass is 10.1. The fraction of sp³-hybridized carbons (Fsp3) is 0.286. The van der Waals surface area contributed by atoms with Gasteiger partial charge in [-0.3, -0.25) is 25.3 Å². The molecule has 1 heterocycles. The van der Waals surface area contributed by atoms with E-state index in [4.69, 9.17) is 0 Å². The summed E-state index contributed by atoms with van der Waals surface area (Å²) in [5, 5.41) is 0. The summed E-state index contributed by atoms with van der Waals surface area (Å²) in [7, 11) is -3.18. The van der Waals surface area contributed by atoms with Gasteiger partial charge in [0, 0.05) is 28.8 Å². The van der Waals surface area contributed by atoms with Gasteiger partial charge >= 0.3 is 18.1 Å². The van der Waals surface area contributed by atoms with Crippen molar-refractivity contribution < 1.29 is 36.0 Å². The van der Waals surface area contributed by atoms with Crippen molar-refractivity contribution >= 4 is 49.3 Å². The van der Waals surface area contributed by atoms with Crippen LogP contribution in [0.2, 0.25) is 0 Å². The van der Waals surface area contributed by atoms with Crippen molar-refractivity contribution in [1.82, 2.24) is 15.8 Å². The van der Waals surface area contributed by atoms with Gasteiger partial charge in [0.2, 0.25) is 0 Å². The number of benzene rings is 2. The third kappa shape index (κ3) is 7.18. The van der Waals surface area contributed by atoms with Crippen LogP contribution in [0.15, 0.2) is 53.0 Å². The number of hydrogen-bond acceptors (Lipinski definition) is 5. The monoisotopic (exact) mass is 576 g/mol. The highest BCUT2D eigenvalue weighted by atomic mass is 79.9. The number of hydrogen-bond donors (Lipinski definition) is 2. The van der Waals surface area contributed by atoms with Crippen LogP contribution in [0.4, 0.5) is 23.7 Å². The van der Waals surface area contributed by atoms with Crippen LogP contribution in [0.3, 0.4) is 0 Å². The third-order valence-electron chi connectivity index (χ3n) is 5.09. The van der Waals surface area contributed by atoms with Crippen LogP contribution in [0, 0.1) is 0 Å². The van der Waals surface area contributed by atoms with Crippen LogP contribution in [0.5, 0.6) is 0 Å². The number of anilines is 1. The Morgan fingerprint density at radius 1 is 0.943 bits per heavy atom. The van der Waals surface area contributed by atoms with E-state index in [1.807, 2.05) is 0 Å². The molecule has 2 aromatic carbocycles. The van der Waals surface area contributed by atoms with E-state index in [1.165, 1.54) is 39.5 Å². The highest BCUT2D eigenvalue weighted by Crippen LogP contribution is 2.23. The van der Waals surface area contributed by atoms with Crippen molar-refractivity contribution in [3.63, 3.8) is 0 Å². The van der Waals surface area contributed by atoms with E-state index in [0.29, 0.717) is 11.3 Å². The summed E-state index contributed by atoms with van der Waals surface area (Å²) in [6.45, 7) is 0.213. The number of nitrogens with zero attached hydrogens (tertiary/aromatic N) is 2. The van der Waals surface area contributed by atoms with Crippen LogP contribution in [-0.4, -0.2) is 61.9 Å². The number of halogens is 4. The minimum absolute atomic E-state index is 0.0148. The van der Waals surface area contributed by atoms with Gasteiger partial charge in [-0.05, 0) is 42.0 Å². The first-order chi connectivity index (χ1) is 16.4. The topological polar surface area (TPSA) is 116 Å². The van der Waals surface area contributed by atoms with Gasteiger partial charge in [-0.1, -0.05) is 28.1 Å². The number of nitrogens with one attached hydrogen (secondary N) is 2. The summed E-state index contributed by atoms with van der Waals surface area (Å²) in [5.41, 5.74) is 4.11. The average molecular weight is 577 g/mol. The van der Waals surface area contributed by atoms with Gasteiger partial charge in [-0.2, -0.15) is 13.2 Å². The second kappa shape index (κ2) is 10.6. The molecule has 9 nitrogen and oxygen atoms in total. The number of sulfone groups is 1. The third-order valence-corrected chi connectivity index (χ3v) is 7.23. The molecule has 0 atom stereocenters. The van der Waals surface area contributed by atoms with E-state index >= 15 is 0 Å². The van der Waals surface area contributed by atoms with E-state index in [0.717, 1.165) is 4.47 Å². The van der Waals surface area contributed by atoms with Gasteiger partial charge in [0.15, 0.2) is 9.84 Å². The first-order valence-corrected chi connectivity index (χ1v) is 12.8. The van der Waals surface area contributed by atoms with Crippen LogP contribution >= 0.6 is 15.9 Å². The number of alkyl halides is 3. The molecule has 35 heavy (non-hydrogen) atoms. The highest BCUT2D eigenvalue weighted by Gasteiger charge is 2.39. The van der Waals surface area contributed by atoms with Gasteiger partial charge < -0.3 is 4.90 Å². The van der Waals surface area contributed by atoms with Crippen molar-refractivity contribution in [2.45, 2.75) is 12.7 Å². The molecule has 0 unspecified atom stereocenters. The molecular weight excluding hydrogens is 557 g/mol. The summed E-state index contributed by atoms with van der Waals surface area (Å²) < 4.78 is 61.0. The zero-order valence-electron chi connectivity index (χ0n) is 18.0. The summed E-state index contributed by atoms with van der Waals surface area (Å²) >= 11 is 3.33. The number of amides is 4. The molecule has 0 radical (unpaired) electrons. The molecule has 0 aromatic heterocycles. The molecule has 1 aliphatic rings. The average Bonchev–Trinajstić information content (AvgIpc) is 2.81. The van der Waals surface area contributed by atoms with Crippen LogP contribution in [-0.2, 0) is 21.2 Å². The maximum absolute atomic E-state index is 13.3. The minimum Gasteiger partial charge on any atom is -0.322 e. The van der Waals surface area contributed by atoms with Crippen molar-refractivity contribution in [2.24, 2.45) is 0 Å². The zero-order chi connectivity index (χ0) is 25.8. The Bertz CT molecular complexity index is 1190. The van der Waals surface area contributed by atoms with Gasteiger partial charge in [0.25, 0.3) is 5.91 Å². The van der Waals surface area contributed by atoms with E-state index in [1.54, 1.807) is 29.7 Å². The predicted molar refractivity (Wildman–Crippen MR) is 124 cm³/mol. The maximum atomic E-state index is 13.3. The highest BCUT2D eigenvalue weighted by molar-refractivity contribution is 9.10. The summed E-state index contributed by atoms with van der Waals surface area (Å²) in [5.74, 6) is -3.51. The lowest BCUT2D eigenvalue weighted by molar-refractivity contribution is -0.174. The minimum atomic E-state index is -5.14. The summed E-state index contributed by atoms with van der Waals surface area (Å²) in [4.78, 5) is 39.0. The molecule has 4 amide bonds. The first-order valence-electron chi connectivity index (χ1n) is 10.1. The Morgan fingerprint density at radius 3 is 2.06 bits per heavy atom. The predicted octanol–water partition coefficient (Wildman–Crippen LogP) is 2.63. The van der Waals surface area contributed by atoms with E-state index < -0.39 is 27.8 Å². The molecular formula is C21H20BrF3N4O5S. The molecule has 2 N–H and O–H groups in total. The molecule has 2 aromatic rings. The fourth-order valence-corrected chi connectivity index (χ4v) is 4.63. The fourth-order valence-electron chi connectivity index (χ4n) is 3.17. The molecule has 0 bridgehead atoms. The Balaban J connectivity index is 1.74.